The van der Waals surface area contributed by atoms with Crippen molar-refractivity contribution in [3.8, 4) is 5.69 Å². The lowest BCUT2D eigenvalue weighted by Gasteiger charge is -2.09. The highest BCUT2D eigenvalue weighted by Crippen LogP contribution is 2.48. The number of benzene rings is 1. The second-order valence-electron chi connectivity index (χ2n) is 4.39. The Labute approximate surface area is 134 Å². The average Bonchev–Trinajstić information content (AvgIpc) is 2.94. The van der Waals surface area contributed by atoms with Crippen LogP contribution in [0, 0.1) is 40.5 Å². The number of nitro groups is 4. The quantitative estimate of drug-likeness (QED) is 0.429. The van der Waals surface area contributed by atoms with E-state index < -0.39 is 59.6 Å². The van der Waals surface area contributed by atoms with E-state index in [1.807, 2.05) is 0 Å². The van der Waals surface area contributed by atoms with Crippen LogP contribution in [0.2, 0.25) is 0 Å². The topological polar surface area (TPSA) is 242 Å². The molecule has 0 aliphatic rings. The van der Waals surface area contributed by atoms with Crippen molar-refractivity contribution < 1.29 is 19.7 Å². The van der Waals surface area contributed by atoms with Crippen molar-refractivity contribution >= 4 is 34.3 Å². The predicted octanol–water partition coefficient (Wildman–Crippen LogP) is 0.669. The van der Waals surface area contributed by atoms with E-state index in [9.17, 15) is 40.5 Å². The first-order chi connectivity index (χ1) is 11.6. The van der Waals surface area contributed by atoms with E-state index in [1.165, 1.54) is 0 Å². The molecule has 0 saturated heterocycles. The lowest BCUT2D eigenvalue weighted by Crippen LogP contribution is -2.12. The van der Waals surface area contributed by atoms with Gasteiger partial charge in [-0.1, -0.05) is 0 Å². The second-order valence-corrected chi connectivity index (χ2v) is 4.39. The molecule has 0 amide bonds. The Kier molecular flexibility index (Phi) is 3.86. The van der Waals surface area contributed by atoms with Crippen molar-refractivity contribution in [2.45, 2.75) is 0 Å². The number of aromatic nitrogens is 2. The molecule has 0 aliphatic carbocycles. The number of imidazole rings is 1. The monoisotopic (exact) mass is 354 g/mol. The third-order valence-electron chi connectivity index (χ3n) is 3.03. The molecule has 0 aliphatic heterocycles. The van der Waals surface area contributed by atoms with Crippen LogP contribution < -0.4 is 11.5 Å². The normalized spacial score (nSPS) is 10.4. The van der Waals surface area contributed by atoms with Gasteiger partial charge in [-0.25, -0.2) is 0 Å². The Morgan fingerprint density at radius 3 is 1.56 bits per heavy atom. The van der Waals surface area contributed by atoms with E-state index in [-0.39, 0.29) is 0 Å². The third kappa shape index (κ3) is 2.58. The fourth-order valence-corrected chi connectivity index (χ4v) is 2.08. The predicted molar refractivity (Wildman–Crippen MR) is 79.0 cm³/mol. The highest BCUT2D eigenvalue weighted by atomic mass is 16.6. The van der Waals surface area contributed by atoms with E-state index in [4.69, 9.17) is 11.5 Å². The summed E-state index contributed by atoms with van der Waals surface area (Å²) in [5, 5.41) is 44.3. The van der Waals surface area contributed by atoms with Crippen molar-refractivity contribution in [3.05, 3.63) is 53.0 Å². The molecule has 0 atom stereocenters. The van der Waals surface area contributed by atoms with Gasteiger partial charge in [0.15, 0.2) is 11.4 Å². The molecule has 2 rings (SSSR count). The molecule has 2 aromatic rings. The van der Waals surface area contributed by atoms with Crippen molar-refractivity contribution in [2.24, 2.45) is 0 Å². The summed E-state index contributed by atoms with van der Waals surface area (Å²) in [6.07, 6.45) is 1.32. The molecule has 16 nitrogen and oxygen atoms in total. The summed E-state index contributed by atoms with van der Waals surface area (Å²) in [6.45, 7) is 0. The molecule has 1 aromatic heterocycles. The number of nitrogens with zero attached hydrogens (tertiary/aromatic N) is 6. The molecule has 1 aromatic carbocycles. The molecule has 0 radical (unpaired) electrons. The van der Waals surface area contributed by atoms with Gasteiger partial charge in [0, 0.05) is 0 Å². The van der Waals surface area contributed by atoms with Gasteiger partial charge in [0.2, 0.25) is 12.0 Å². The number of nitrogens with two attached hydrogens (primary N) is 2. The van der Waals surface area contributed by atoms with Gasteiger partial charge in [-0.05, 0) is 9.91 Å². The van der Waals surface area contributed by atoms with Crippen LogP contribution in [0.15, 0.2) is 12.5 Å². The van der Waals surface area contributed by atoms with Gasteiger partial charge < -0.3 is 21.6 Å². The number of rotatable bonds is 5. The van der Waals surface area contributed by atoms with Crippen LogP contribution in [0.3, 0.4) is 0 Å². The summed E-state index contributed by atoms with van der Waals surface area (Å²) in [5.74, 6) is -0.779. The molecule has 25 heavy (non-hydrogen) atoms. The molecule has 0 fully saturated rings. The zero-order chi connectivity index (χ0) is 19.0. The van der Waals surface area contributed by atoms with Crippen LogP contribution in [0.4, 0.5) is 34.3 Å². The lowest BCUT2D eigenvalue weighted by atomic mass is 10.1. The van der Waals surface area contributed by atoms with Gasteiger partial charge in [0.05, 0.1) is 14.8 Å². The Balaban J connectivity index is 3.03. The fourth-order valence-electron chi connectivity index (χ4n) is 2.08. The molecule has 0 spiro atoms. The van der Waals surface area contributed by atoms with Gasteiger partial charge in [0.25, 0.3) is 0 Å². The van der Waals surface area contributed by atoms with E-state index in [2.05, 4.69) is 4.98 Å². The summed E-state index contributed by atoms with van der Waals surface area (Å²) < 4.78 is 0.574. The number of anilines is 2. The Morgan fingerprint density at radius 2 is 1.24 bits per heavy atom. The van der Waals surface area contributed by atoms with Crippen LogP contribution in [-0.2, 0) is 0 Å². The fraction of sp³-hybridized carbons (Fsp3) is 0. The Morgan fingerprint density at radius 1 is 0.800 bits per heavy atom. The summed E-state index contributed by atoms with van der Waals surface area (Å²) >= 11 is 0. The Bertz CT molecular complexity index is 908. The van der Waals surface area contributed by atoms with Crippen LogP contribution in [0.5, 0.6) is 0 Å². The first-order valence-corrected chi connectivity index (χ1v) is 5.94. The molecular formula is C9H6N8O8. The van der Waals surface area contributed by atoms with Crippen molar-refractivity contribution in [2.75, 3.05) is 11.5 Å². The van der Waals surface area contributed by atoms with Crippen LogP contribution in [-0.4, -0.2) is 29.2 Å². The van der Waals surface area contributed by atoms with Crippen molar-refractivity contribution in [3.63, 3.8) is 0 Å². The van der Waals surface area contributed by atoms with Crippen LogP contribution in [0.25, 0.3) is 5.69 Å². The van der Waals surface area contributed by atoms with Gasteiger partial charge in [-0.3, -0.25) is 34.9 Å². The van der Waals surface area contributed by atoms with E-state index >= 15 is 0 Å². The molecule has 130 valence electrons. The SMILES string of the molecule is Nc1c([N+](=O)[O-])c(N)c([N+](=O)[O-])c(-n2cnc([N+](=O)[O-])c2)c1[N+](=O)[O-]. The van der Waals surface area contributed by atoms with Gasteiger partial charge >= 0.3 is 22.9 Å². The van der Waals surface area contributed by atoms with Gasteiger partial charge in [-0.15, -0.1) is 0 Å². The number of nitrogen functional groups attached to an aromatic ring is 2. The number of nitro benzene ring substituents is 3. The van der Waals surface area contributed by atoms with Crippen LogP contribution in [0.1, 0.15) is 0 Å². The summed E-state index contributed by atoms with van der Waals surface area (Å²) in [4.78, 5) is 43.0. The smallest absolute Gasteiger partial charge is 0.381 e. The van der Waals surface area contributed by atoms with E-state index in [0.29, 0.717) is 17.1 Å². The standard InChI is InChI=1S/C9H6N8O8/c10-4-6(15(20)21)5(11)8(17(24)25)9(7(4)16(22)23)13-1-3(12-2-13)14(18)19/h1-2H,10-11H2. The minimum absolute atomic E-state index is 0.574. The largest absolute Gasteiger partial charge is 0.387 e. The van der Waals surface area contributed by atoms with Crippen molar-refractivity contribution in [1.29, 1.82) is 0 Å². The minimum atomic E-state index is -1.21. The van der Waals surface area contributed by atoms with Crippen LogP contribution >= 0.6 is 0 Å². The van der Waals surface area contributed by atoms with E-state index in [0.717, 1.165) is 0 Å². The molecule has 0 unspecified atom stereocenters. The molecule has 0 bridgehead atoms. The zero-order valence-electron chi connectivity index (χ0n) is 11.8. The van der Waals surface area contributed by atoms with Crippen molar-refractivity contribution in [1.82, 2.24) is 9.55 Å². The van der Waals surface area contributed by atoms with Gasteiger partial charge in [-0.2, -0.15) is 0 Å². The number of hydrogen-bond donors (Lipinski definition) is 2. The maximum atomic E-state index is 11.3. The minimum Gasteiger partial charge on any atom is -0.387 e. The second kappa shape index (κ2) is 5.68. The first-order valence-electron chi connectivity index (χ1n) is 5.94. The maximum Gasteiger partial charge on any atom is 0.381 e. The molecule has 0 saturated carbocycles. The van der Waals surface area contributed by atoms with Gasteiger partial charge in [0.1, 0.15) is 6.20 Å². The third-order valence-corrected chi connectivity index (χ3v) is 3.03. The maximum absolute atomic E-state index is 11.3. The summed E-state index contributed by atoms with van der Waals surface area (Å²) in [5.41, 5.74) is 4.22. The first kappa shape index (κ1) is 17.0. The Hall–Kier alpha value is -4.37. The van der Waals surface area contributed by atoms with E-state index in [1.54, 1.807) is 0 Å². The average molecular weight is 354 g/mol. The number of hydrogen-bond acceptors (Lipinski definition) is 11. The zero-order valence-corrected chi connectivity index (χ0v) is 11.8. The molecule has 16 heteroatoms. The highest BCUT2D eigenvalue weighted by Gasteiger charge is 2.41. The highest BCUT2D eigenvalue weighted by molar-refractivity contribution is 5.94. The molecule has 4 N–H and O–H groups in total. The summed E-state index contributed by atoms with van der Waals surface area (Å²) in [6, 6.07) is 0. The molecular weight excluding hydrogens is 348 g/mol. The lowest BCUT2D eigenvalue weighted by molar-refractivity contribution is -0.400. The summed E-state index contributed by atoms with van der Waals surface area (Å²) in [7, 11) is 0. The molecule has 1 heterocycles.